The lowest BCUT2D eigenvalue weighted by molar-refractivity contribution is -0.125. The Morgan fingerprint density at radius 1 is 1.33 bits per heavy atom. The van der Waals surface area contributed by atoms with E-state index in [2.05, 4.69) is 5.32 Å². The summed E-state index contributed by atoms with van der Waals surface area (Å²) in [4.78, 5) is 11.2. The van der Waals surface area contributed by atoms with Gasteiger partial charge in [-0.2, -0.15) is 8.78 Å². The average Bonchev–Trinajstić information content (AvgIpc) is 2.76. The standard InChI is InChI=1S/C13H11F4NO3/c14-12(15)13(16,17)6-18-5-9-10(11(19)20)7-3-1-2-4-8(7)21-9/h1-4,12,18H,5-6H2,(H,19,20). The van der Waals surface area contributed by atoms with Crippen LogP contribution in [0.2, 0.25) is 0 Å². The first kappa shape index (κ1) is 15.3. The summed E-state index contributed by atoms with van der Waals surface area (Å²) in [5.74, 6) is -5.55. The molecule has 1 aromatic carbocycles. The number of para-hydroxylation sites is 1. The van der Waals surface area contributed by atoms with Gasteiger partial charge in [0.2, 0.25) is 0 Å². The summed E-state index contributed by atoms with van der Waals surface area (Å²) in [6, 6.07) is 6.27. The maximum Gasteiger partial charge on any atom is 0.339 e. The fourth-order valence-corrected chi connectivity index (χ4v) is 1.87. The molecule has 1 heterocycles. The summed E-state index contributed by atoms with van der Waals surface area (Å²) in [5, 5.41) is 11.6. The van der Waals surface area contributed by atoms with Crippen molar-refractivity contribution in [2.24, 2.45) is 0 Å². The highest BCUT2D eigenvalue weighted by molar-refractivity contribution is 6.03. The van der Waals surface area contributed by atoms with E-state index < -0.39 is 31.4 Å². The van der Waals surface area contributed by atoms with Crippen molar-refractivity contribution in [3.05, 3.63) is 35.6 Å². The number of alkyl halides is 4. The van der Waals surface area contributed by atoms with E-state index in [0.717, 1.165) is 0 Å². The summed E-state index contributed by atoms with van der Waals surface area (Å²) in [7, 11) is 0. The number of fused-ring (bicyclic) bond motifs is 1. The number of hydrogen-bond donors (Lipinski definition) is 2. The number of halogens is 4. The summed E-state index contributed by atoms with van der Waals surface area (Å²) in [5.41, 5.74) is 0.116. The van der Waals surface area contributed by atoms with Crippen LogP contribution in [0.1, 0.15) is 16.1 Å². The van der Waals surface area contributed by atoms with Gasteiger partial charge < -0.3 is 14.8 Å². The van der Waals surface area contributed by atoms with Gasteiger partial charge in [0.1, 0.15) is 16.9 Å². The Morgan fingerprint density at radius 3 is 2.62 bits per heavy atom. The van der Waals surface area contributed by atoms with Crippen LogP contribution in [-0.2, 0) is 6.54 Å². The van der Waals surface area contributed by atoms with E-state index in [1.165, 1.54) is 12.1 Å². The van der Waals surface area contributed by atoms with E-state index in [0.29, 0.717) is 5.39 Å². The number of carbonyl (C=O) groups is 1. The molecule has 2 N–H and O–H groups in total. The van der Waals surface area contributed by atoms with Gasteiger partial charge in [-0.1, -0.05) is 18.2 Å². The maximum atomic E-state index is 12.8. The number of benzene rings is 1. The molecule has 114 valence electrons. The Labute approximate surface area is 116 Å². The fourth-order valence-electron chi connectivity index (χ4n) is 1.87. The second-order valence-corrected chi connectivity index (χ2v) is 4.37. The number of nitrogens with one attached hydrogen (secondary N) is 1. The highest BCUT2D eigenvalue weighted by Crippen LogP contribution is 2.26. The molecule has 0 aliphatic heterocycles. The molecule has 1 aromatic heterocycles. The minimum Gasteiger partial charge on any atom is -0.478 e. The van der Waals surface area contributed by atoms with Crippen LogP contribution in [0.5, 0.6) is 0 Å². The van der Waals surface area contributed by atoms with Crippen LogP contribution < -0.4 is 5.32 Å². The third kappa shape index (κ3) is 3.15. The van der Waals surface area contributed by atoms with Gasteiger partial charge in [-0.3, -0.25) is 0 Å². The molecule has 0 fully saturated rings. The number of aromatic carboxylic acids is 1. The predicted molar refractivity (Wildman–Crippen MR) is 65.8 cm³/mol. The predicted octanol–water partition coefficient (Wildman–Crippen LogP) is 3.12. The summed E-state index contributed by atoms with van der Waals surface area (Å²) >= 11 is 0. The molecule has 0 aliphatic carbocycles. The molecule has 21 heavy (non-hydrogen) atoms. The number of hydrogen-bond acceptors (Lipinski definition) is 3. The fraction of sp³-hybridized carbons (Fsp3) is 0.308. The lowest BCUT2D eigenvalue weighted by Crippen LogP contribution is -2.38. The van der Waals surface area contributed by atoms with Gasteiger partial charge in [-0.25, -0.2) is 13.6 Å². The third-order valence-electron chi connectivity index (χ3n) is 2.85. The quantitative estimate of drug-likeness (QED) is 0.805. The van der Waals surface area contributed by atoms with E-state index in [1.54, 1.807) is 12.1 Å². The largest absolute Gasteiger partial charge is 0.478 e. The Balaban J connectivity index is 2.19. The first-order valence-electron chi connectivity index (χ1n) is 5.93. The molecule has 0 unspecified atom stereocenters. The van der Waals surface area contributed by atoms with Crippen molar-refractivity contribution in [1.82, 2.24) is 5.32 Å². The normalized spacial score (nSPS) is 12.2. The first-order valence-corrected chi connectivity index (χ1v) is 5.93. The van der Waals surface area contributed by atoms with E-state index >= 15 is 0 Å². The van der Waals surface area contributed by atoms with Crippen molar-refractivity contribution in [1.29, 1.82) is 0 Å². The molecule has 0 aliphatic rings. The Kier molecular flexibility index (Phi) is 4.17. The molecule has 0 radical (unpaired) electrons. The summed E-state index contributed by atoms with van der Waals surface area (Å²) < 4.78 is 54.8. The first-order chi connectivity index (χ1) is 9.83. The number of furan rings is 1. The molecule has 0 bridgehead atoms. The van der Waals surface area contributed by atoms with Crippen LogP contribution in [0.4, 0.5) is 17.6 Å². The Morgan fingerprint density at radius 2 is 2.00 bits per heavy atom. The van der Waals surface area contributed by atoms with E-state index in [9.17, 15) is 22.4 Å². The van der Waals surface area contributed by atoms with Crippen molar-refractivity contribution < 1.29 is 31.9 Å². The molecule has 2 rings (SSSR count). The zero-order valence-electron chi connectivity index (χ0n) is 10.6. The van der Waals surface area contributed by atoms with E-state index in [-0.39, 0.29) is 16.9 Å². The van der Waals surface area contributed by atoms with Gasteiger partial charge in [0, 0.05) is 5.39 Å². The Hall–Kier alpha value is -2.09. The van der Waals surface area contributed by atoms with E-state index in [4.69, 9.17) is 9.52 Å². The second-order valence-electron chi connectivity index (χ2n) is 4.37. The highest BCUT2D eigenvalue weighted by Gasteiger charge is 2.40. The van der Waals surface area contributed by atoms with Crippen molar-refractivity contribution in [2.75, 3.05) is 6.54 Å². The minimum atomic E-state index is -4.19. The van der Waals surface area contributed by atoms with Gasteiger partial charge >= 0.3 is 18.3 Å². The van der Waals surface area contributed by atoms with Crippen molar-refractivity contribution in [3.8, 4) is 0 Å². The molecular weight excluding hydrogens is 294 g/mol. The lowest BCUT2D eigenvalue weighted by atomic mass is 10.1. The van der Waals surface area contributed by atoms with Crippen LogP contribution in [0.3, 0.4) is 0 Å². The second kappa shape index (κ2) is 5.72. The van der Waals surface area contributed by atoms with Crippen LogP contribution in [0.15, 0.2) is 28.7 Å². The minimum absolute atomic E-state index is 0.0891. The third-order valence-corrected chi connectivity index (χ3v) is 2.85. The summed E-state index contributed by atoms with van der Waals surface area (Å²) in [6.07, 6.45) is -3.79. The molecule has 0 atom stereocenters. The molecule has 0 saturated heterocycles. The number of rotatable bonds is 6. The van der Waals surface area contributed by atoms with Gasteiger partial charge in [-0.05, 0) is 6.07 Å². The highest BCUT2D eigenvalue weighted by atomic mass is 19.3. The van der Waals surface area contributed by atoms with Crippen molar-refractivity contribution >= 4 is 16.9 Å². The van der Waals surface area contributed by atoms with Gasteiger partial charge in [0.25, 0.3) is 0 Å². The van der Waals surface area contributed by atoms with Crippen LogP contribution in [0, 0.1) is 0 Å². The topological polar surface area (TPSA) is 62.5 Å². The molecule has 0 saturated carbocycles. The van der Waals surface area contributed by atoms with E-state index in [1.807, 2.05) is 0 Å². The molecular formula is C13H11F4NO3. The van der Waals surface area contributed by atoms with Crippen LogP contribution in [0.25, 0.3) is 11.0 Å². The lowest BCUT2D eigenvalue weighted by Gasteiger charge is -2.15. The van der Waals surface area contributed by atoms with Crippen LogP contribution in [-0.4, -0.2) is 30.0 Å². The number of carboxylic acid groups (broad SMARTS) is 1. The average molecular weight is 305 g/mol. The molecule has 8 heteroatoms. The molecule has 2 aromatic rings. The Bertz CT molecular complexity index is 654. The molecule has 4 nitrogen and oxygen atoms in total. The molecule has 0 amide bonds. The van der Waals surface area contributed by atoms with Crippen molar-refractivity contribution in [3.63, 3.8) is 0 Å². The van der Waals surface area contributed by atoms with Gasteiger partial charge in [-0.15, -0.1) is 0 Å². The van der Waals surface area contributed by atoms with Gasteiger partial charge in [0.15, 0.2) is 0 Å². The maximum absolute atomic E-state index is 12.8. The zero-order chi connectivity index (χ0) is 15.6. The summed E-state index contributed by atoms with van der Waals surface area (Å²) in [6.45, 7) is -1.67. The number of carboxylic acids is 1. The zero-order valence-corrected chi connectivity index (χ0v) is 10.6. The molecule has 0 spiro atoms. The SMILES string of the molecule is O=C(O)c1c(CNCC(F)(F)C(F)F)oc2ccccc12. The smallest absolute Gasteiger partial charge is 0.339 e. The monoisotopic (exact) mass is 305 g/mol. The van der Waals surface area contributed by atoms with Crippen molar-refractivity contribution in [2.45, 2.75) is 18.9 Å². The van der Waals surface area contributed by atoms with Crippen LogP contribution >= 0.6 is 0 Å². The van der Waals surface area contributed by atoms with Gasteiger partial charge in [0.05, 0.1) is 13.1 Å².